The Labute approximate surface area is 190 Å². The van der Waals surface area contributed by atoms with Crippen molar-refractivity contribution in [3.8, 4) is 11.5 Å². The van der Waals surface area contributed by atoms with Crippen LogP contribution in [-0.4, -0.2) is 66.3 Å². The normalized spacial score (nSPS) is 14.6. The highest BCUT2D eigenvalue weighted by atomic mass is 35.5. The summed E-state index contributed by atoms with van der Waals surface area (Å²) in [4.78, 5) is 24.4. The number of nitroso groups, excluding NO2 is 1. The molecule has 1 fully saturated rings. The standard InChI is InChI=1S/C21H24ClN7O3/c1-23-29(19-18(26-32)20(30)15-3-2-6-24-17(15)21(19)31)12-9-27-7-10-28(11-8-27)16-5-4-14(22)13-25-16/h2-6,13,23,30-31H,7-12H2,1H3/p-1. The molecule has 2 N–H and O–H groups in total. The minimum absolute atomic E-state index is 0.0442. The number of benzene rings is 1. The topological polar surface area (TPSA) is 120 Å². The average molecular weight is 457 g/mol. The molecule has 3 heterocycles. The molecule has 0 aliphatic carbocycles. The fourth-order valence-electron chi connectivity index (χ4n) is 3.91. The summed E-state index contributed by atoms with van der Waals surface area (Å²) in [5.74, 6) is 0.0900. The zero-order valence-corrected chi connectivity index (χ0v) is 18.3. The number of pyridine rings is 2. The SMILES string of the molecule is CNN(CCN1CCN(c2ccc(Cl)cn2)CC1)c1c(N=O)c([O-])c2cccnc2c1O. The molecule has 1 aromatic carbocycles. The summed E-state index contributed by atoms with van der Waals surface area (Å²) in [5, 5.41) is 28.8. The van der Waals surface area contributed by atoms with E-state index in [9.17, 15) is 15.1 Å². The smallest absolute Gasteiger partial charge is 0.169 e. The number of hydrogen-bond donors (Lipinski definition) is 2. The number of nitrogens with zero attached hydrogens (tertiary/aromatic N) is 6. The Balaban J connectivity index is 1.47. The maximum atomic E-state index is 12.7. The second-order valence-corrected chi connectivity index (χ2v) is 7.84. The Kier molecular flexibility index (Phi) is 6.54. The van der Waals surface area contributed by atoms with Gasteiger partial charge in [-0.05, 0) is 28.8 Å². The van der Waals surface area contributed by atoms with Crippen molar-refractivity contribution in [2.75, 3.05) is 56.2 Å². The molecular formula is C21H23ClN7O3-. The van der Waals surface area contributed by atoms with Crippen LogP contribution in [0.3, 0.4) is 0 Å². The van der Waals surface area contributed by atoms with Gasteiger partial charge in [0.2, 0.25) is 0 Å². The molecule has 32 heavy (non-hydrogen) atoms. The Morgan fingerprint density at radius 2 is 2.03 bits per heavy atom. The van der Waals surface area contributed by atoms with E-state index in [1.54, 1.807) is 24.3 Å². The molecule has 1 saturated heterocycles. The van der Waals surface area contributed by atoms with Crippen LogP contribution in [0, 0.1) is 4.91 Å². The van der Waals surface area contributed by atoms with Crippen LogP contribution >= 0.6 is 11.6 Å². The van der Waals surface area contributed by atoms with E-state index >= 15 is 0 Å². The van der Waals surface area contributed by atoms with E-state index in [1.165, 1.54) is 12.3 Å². The molecule has 168 valence electrons. The summed E-state index contributed by atoms with van der Waals surface area (Å²) in [5.41, 5.74) is 2.80. The number of phenolic OH excluding ortho intramolecular Hbond substituents is 1. The monoisotopic (exact) mass is 456 g/mol. The number of phenols is 1. The highest BCUT2D eigenvalue weighted by Gasteiger charge is 2.23. The van der Waals surface area contributed by atoms with Gasteiger partial charge in [0.15, 0.2) is 5.75 Å². The van der Waals surface area contributed by atoms with Gasteiger partial charge in [-0.2, -0.15) is 0 Å². The summed E-state index contributed by atoms with van der Waals surface area (Å²) in [6.07, 6.45) is 3.12. The lowest BCUT2D eigenvalue weighted by atomic mass is 10.1. The molecule has 0 spiro atoms. The number of aromatic hydroxyl groups is 1. The average Bonchev–Trinajstić information content (AvgIpc) is 2.83. The first-order chi connectivity index (χ1) is 15.5. The Hall–Kier alpha value is -3.21. The Bertz CT molecular complexity index is 1100. The van der Waals surface area contributed by atoms with Gasteiger partial charge >= 0.3 is 0 Å². The van der Waals surface area contributed by atoms with Crippen molar-refractivity contribution in [1.29, 1.82) is 0 Å². The summed E-state index contributed by atoms with van der Waals surface area (Å²) in [7, 11) is 1.66. The van der Waals surface area contributed by atoms with Gasteiger partial charge in [-0.3, -0.25) is 9.88 Å². The number of nitrogens with one attached hydrogen (secondary N) is 1. The summed E-state index contributed by atoms with van der Waals surface area (Å²) < 4.78 is 0. The van der Waals surface area contributed by atoms with Crippen molar-refractivity contribution in [2.24, 2.45) is 5.18 Å². The maximum Gasteiger partial charge on any atom is 0.169 e. The number of anilines is 2. The fraction of sp³-hybridized carbons (Fsp3) is 0.333. The number of rotatable bonds is 7. The quantitative estimate of drug-likeness (QED) is 0.407. The minimum Gasteiger partial charge on any atom is -0.870 e. The van der Waals surface area contributed by atoms with Crippen LogP contribution < -0.4 is 20.4 Å². The molecule has 1 aliphatic heterocycles. The Morgan fingerprint density at radius 3 is 2.69 bits per heavy atom. The fourth-order valence-corrected chi connectivity index (χ4v) is 4.02. The largest absolute Gasteiger partial charge is 0.870 e. The first-order valence-corrected chi connectivity index (χ1v) is 10.6. The second-order valence-electron chi connectivity index (χ2n) is 7.40. The van der Waals surface area contributed by atoms with Gasteiger partial charge in [0, 0.05) is 58.7 Å². The number of piperazine rings is 1. The Morgan fingerprint density at radius 1 is 1.25 bits per heavy atom. The zero-order valence-electron chi connectivity index (χ0n) is 17.5. The van der Waals surface area contributed by atoms with Crippen molar-refractivity contribution >= 4 is 39.7 Å². The van der Waals surface area contributed by atoms with E-state index < -0.39 is 5.75 Å². The van der Waals surface area contributed by atoms with Crippen molar-refractivity contribution in [2.45, 2.75) is 0 Å². The first kappa shape index (κ1) is 22.0. The summed E-state index contributed by atoms with van der Waals surface area (Å²) >= 11 is 5.92. The third-order valence-corrected chi connectivity index (χ3v) is 5.84. The maximum absolute atomic E-state index is 12.7. The summed E-state index contributed by atoms with van der Waals surface area (Å²) in [6, 6.07) is 6.83. The number of hydrazine groups is 1. The lowest BCUT2D eigenvalue weighted by Gasteiger charge is -2.37. The van der Waals surface area contributed by atoms with Crippen molar-refractivity contribution in [3.63, 3.8) is 0 Å². The van der Waals surface area contributed by atoms with Crippen LogP contribution in [0.15, 0.2) is 41.8 Å². The molecule has 1 aliphatic rings. The molecule has 0 radical (unpaired) electrons. The summed E-state index contributed by atoms with van der Waals surface area (Å²) in [6.45, 7) is 4.33. The van der Waals surface area contributed by atoms with Crippen LogP contribution in [-0.2, 0) is 0 Å². The molecule has 0 saturated carbocycles. The van der Waals surface area contributed by atoms with Gasteiger partial charge < -0.3 is 20.1 Å². The van der Waals surface area contributed by atoms with E-state index in [4.69, 9.17) is 11.6 Å². The highest BCUT2D eigenvalue weighted by molar-refractivity contribution is 6.30. The molecule has 10 nitrogen and oxygen atoms in total. The van der Waals surface area contributed by atoms with Crippen LogP contribution in [0.25, 0.3) is 10.9 Å². The van der Waals surface area contributed by atoms with Gasteiger partial charge in [0.1, 0.15) is 22.7 Å². The van der Waals surface area contributed by atoms with E-state index in [1.807, 2.05) is 12.1 Å². The highest BCUT2D eigenvalue weighted by Crippen LogP contribution is 2.47. The second kappa shape index (κ2) is 9.51. The van der Waals surface area contributed by atoms with E-state index in [2.05, 4.69) is 30.4 Å². The number of fused-ring (bicyclic) bond motifs is 1. The molecule has 0 amide bonds. The molecule has 0 unspecified atom stereocenters. The van der Waals surface area contributed by atoms with Crippen molar-refractivity contribution < 1.29 is 10.2 Å². The molecule has 3 aromatic rings. The van der Waals surface area contributed by atoms with Gasteiger partial charge in [-0.15, -0.1) is 4.91 Å². The predicted molar refractivity (Wildman–Crippen MR) is 123 cm³/mol. The van der Waals surface area contributed by atoms with Gasteiger partial charge in [-0.1, -0.05) is 23.4 Å². The molecule has 11 heteroatoms. The third-order valence-electron chi connectivity index (χ3n) is 5.62. The molecule has 0 bridgehead atoms. The van der Waals surface area contributed by atoms with E-state index in [0.717, 1.165) is 32.0 Å². The van der Waals surface area contributed by atoms with E-state index in [0.29, 0.717) is 18.1 Å². The van der Waals surface area contributed by atoms with Crippen molar-refractivity contribution in [3.05, 3.63) is 46.6 Å². The van der Waals surface area contributed by atoms with Crippen LogP contribution in [0.5, 0.6) is 11.5 Å². The van der Waals surface area contributed by atoms with Gasteiger partial charge in [0.25, 0.3) is 0 Å². The third kappa shape index (κ3) is 4.24. The molecular weight excluding hydrogens is 434 g/mol. The zero-order chi connectivity index (χ0) is 22.7. The molecule has 2 aromatic heterocycles. The van der Waals surface area contributed by atoms with Crippen molar-refractivity contribution in [1.82, 2.24) is 20.3 Å². The van der Waals surface area contributed by atoms with Gasteiger partial charge in [0.05, 0.1) is 5.02 Å². The number of hydrogen-bond acceptors (Lipinski definition) is 10. The van der Waals surface area contributed by atoms with E-state index in [-0.39, 0.29) is 28.0 Å². The predicted octanol–water partition coefficient (Wildman–Crippen LogP) is 2.22. The van der Waals surface area contributed by atoms with Crippen LogP contribution in [0.2, 0.25) is 5.02 Å². The number of halogens is 1. The minimum atomic E-state index is -0.555. The van der Waals surface area contributed by atoms with Gasteiger partial charge in [-0.25, -0.2) is 10.4 Å². The first-order valence-electron chi connectivity index (χ1n) is 10.2. The van der Waals surface area contributed by atoms with Crippen LogP contribution in [0.1, 0.15) is 0 Å². The lowest BCUT2D eigenvalue weighted by Crippen LogP contribution is -2.50. The lowest BCUT2D eigenvalue weighted by molar-refractivity contribution is -0.264. The molecule has 0 atom stereocenters. The molecule has 4 rings (SSSR count). The number of aromatic nitrogens is 2. The van der Waals surface area contributed by atoms with Crippen LogP contribution in [0.4, 0.5) is 17.2 Å².